The van der Waals surface area contributed by atoms with Gasteiger partial charge < -0.3 is 48.1 Å². The molecule has 2 N–H and O–H groups in total. The average Bonchev–Trinajstić information content (AvgIpc) is 2.23. The van der Waals surface area contributed by atoms with Gasteiger partial charge in [0, 0.05) is 14.1 Å². The number of aromatic nitrogens is 1. The van der Waals surface area contributed by atoms with Gasteiger partial charge in [-0.25, -0.2) is 4.98 Å². The maximum Gasteiger partial charge on any atom is 3.00 e. The molecule has 19 heavy (non-hydrogen) atoms. The Balaban J connectivity index is -0.000000281. The summed E-state index contributed by atoms with van der Waals surface area (Å²) in [6, 6.07) is 3.91. The molecular weight excluding hydrogens is 441 g/mol. The van der Waals surface area contributed by atoms with Crippen molar-refractivity contribution in [2.75, 3.05) is 14.1 Å². The Hall–Kier alpha value is 0.311. The first-order valence-electron chi connectivity index (χ1n) is 4.64. The minimum atomic E-state index is 0. The van der Waals surface area contributed by atoms with Crippen LogP contribution in [0.25, 0.3) is 0 Å². The zero-order valence-electron chi connectivity index (χ0n) is 10.8. The molecule has 1 rings (SSSR count). The van der Waals surface area contributed by atoms with Crippen molar-refractivity contribution in [2.24, 2.45) is 10.2 Å². The Morgan fingerprint density at radius 2 is 1.32 bits per heavy atom. The summed E-state index contributed by atoms with van der Waals surface area (Å²) in [7, 11) is 3.49. The van der Waals surface area contributed by atoms with Gasteiger partial charge in [0.05, 0.1) is 23.8 Å². The van der Waals surface area contributed by atoms with Crippen molar-refractivity contribution < 1.29 is 78.1 Å². The van der Waals surface area contributed by atoms with Crippen molar-refractivity contribution in [3.63, 3.8) is 0 Å². The molecular formula is C10H15Cl3N5Nd. The van der Waals surface area contributed by atoms with Crippen molar-refractivity contribution in [1.82, 2.24) is 15.8 Å². The van der Waals surface area contributed by atoms with Crippen LogP contribution in [0.3, 0.4) is 0 Å². The molecule has 0 atom stereocenters. The van der Waals surface area contributed by atoms with Crippen molar-refractivity contribution >= 4 is 12.4 Å². The van der Waals surface area contributed by atoms with Gasteiger partial charge in [-0.05, 0) is 24.6 Å². The topological polar surface area (TPSA) is 61.7 Å². The fourth-order valence-electron chi connectivity index (χ4n) is 1.12. The van der Waals surface area contributed by atoms with Crippen LogP contribution < -0.4 is 48.1 Å². The van der Waals surface area contributed by atoms with Crippen molar-refractivity contribution in [1.29, 1.82) is 0 Å². The average molecular weight is 456 g/mol. The first-order chi connectivity index (χ1) is 7.26. The van der Waals surface area contributed by atoms with Gasteiger partial charge in [0.1, 0.15) is 0 Å². The molecule has 0 amide bonds. The molecule has 1 aromatic heterocycles. The van der Waals surface area contributed by atoms with Crippen molar-refractivity contribution in [3.05, 3.63) is 29.1 Å². The number of rotatable bonds is 4. The molecule has 1 heterocycles. The van der Waals surface area contributed by atoms with E-state index < -0.39 is 0 Å². The summed E-state index contributed by atoms with van der Waals surface area (Å²) in [4.78, 5) is 4.33. The Kier molecular flexibility index (Phi) is 23.8. The molecule has 0 bridgehead atoms. The van der Waals surface area contributed by atoms with Crippen molar-refractivity contribution in [2.45, 2.75) is 6.92 Å². The number of halogens is 3. The van der Waals surface area contributed by atoms with Gasteiger partial charge in [0.2, 0.25) is 0 Å². The van der Waals surface area contributed by atoms with E-state index in [1.807, 2.05) is 19.1 Å². The van der Waals surface area contributed by atoms with Crippen LogP contribution in [0.15, 0.2) is 22.3 Å². The van der Waals surface area contributed by atoms with Gasteiger partial charge >= 0.3 is 40.8 Å². The summed E-state index contributed by atoms with van der Waals surface area (Å²) in [5, 5.41) is 7.81. The molecule has 0 aliphatic carbocycles. The molecule has 1 radical (unpaired) electrons. The Morgan fingerprint density at radius 1 is 0.947 bits per heavy atom. The maximum atomic E-state index is 4.33. The molecule has 1 aromatic rings. The zero-order chi connectivity index (χ0) is 11.1. The van der Waals surface area contributed by atoms with Gasteiger partial charge in [-0.2, -0.15) is 10.2 Å². The second-order valence-electron chi connectivity index (χ2n) is 2.96. The molecule has 105 valence electrons. The van der Waals surface area contributed by atoms with Crippen LogP contribution in [0.4, 0.5) is 0 Å². The van der Waals surface area contributed by atoms with E-state index >= 15 is 0 Å². The maximum absolute atomic E-state index is 4.33. The Bertz CT molecular complexity index is 355. The number of pyridine rings is 1. The van der Waals surface area contributed by atoms with Crippen LogP contribution in [-0.2, 0) is 0 Å². The van der Waals surface area contributed by atoms with Crippen LogP contribution >= 0.6 is 0 Å². The minimum Gasteiger partial charge on any atom is -1.00 e. The molecule has 0 fully saturated rings. The predicted molar refractivity (Wildman–Crippen MR) is 62.3 cm³/mol. The second-order valence-corrected chi connectivity index (χ2v) is 2.96. The summed E-state index contributed by atoms with van der Waals surface area (Å²) >= 11 is 0. The molecule has 0 saturated carbocycles. The molecule has 0 unspecified atom stereocenters. The number of hydrazone groups is 2. The SMILES string of the molecule is CNN=Cc1cc(C)cc(C=NNC)n1.[Cl-].[Cl-].[Cl-].[Nd+3]. The molecule has 9 heteroatoms. The monoisotopic (exact) mass is 452 g/mol. The third-order valence-electron chi connectivity index (χ3n) is 1.66. The van der Waals surface area contributed by atoms with E-state index in [9.17, 15) is 0 Å². The smallest absolute Gasteiger partial charge is 1.00 e. The van der Waals surface area contributed by atoms with Gasteiger partial charge in [0.15, 0.2) is 0 Å². The number of nitrogens with zero attached hydrogens (tertiary/aromatic N) is 3. The standard InChI is InChI=1S/C10H15N5.3ClH.Nd/c1-8-4-9(6-13-11-2)15-10(5-8)7-14-12-3;;;;/h4-7,11-12H,1-3H3;3*1H;/q;;;;+3/p-3. The van der Waals surface area contributed by atoms with Gasteiger partial charge in [-0.1, -0.05) is 0 Å². The summed E-state index contributed by atoms with van der Waals surface area (Å²) in [5.41, 5.74) is 8.10. The summed E-state index contributed by atoms with van der Waals surface area (Å²) in [6.45, 7) is 2.01. The van der Waals surface area contributed by atoms with E-state index in [2.05, 4.69) is 26.0 Å². The third kappa shape index (κ3) is 11.8. The Morgan fingerprint density at radius 3 is 1.63 bits per heavy atom. The summed E-state index contributed by atoms with van der Waals surface area (Å²) in [5.74, 6) is 0. The van der Waals surface area contributed by atoms with Gasteiger partial charge in [-0.3, -0.25) is 0 Å². The van der Waals surface area contributed by atoms with E-state index in [1.165, 1.54) is 0 Å². The molecule has 0 saturated heterocycles. The third-order valence-corrected chi connectivity index (χ3v) is 1.66. The number of hydrogen-bond donors (Lipinski definition) is 2. The number of aryl methyl sites for hydroxylation is 1. The number of nitrogens with one attached hydrogen (secondary N) is 2. The quantitative estimate of drug-likeness (QED) is 0.350. The summed E-state index contributed by atoms with van der Waals surface area (Å²) < 4.78 is 0. The first kappa shape index (κ1) is 27.6. The van der Waals surface area contributed by atoms with Crippen molar-refractivity contribution in [3.8, 4) is 0 Å². The normalized spacial score (nSPS) is 8.79. The zero-order valence-corrected chi connectivity index (χ0v) is 16.3. The summed E-state index contributed by atoms with van der Waals surface area (Å²) in [6.07, 6.45) is 3.34. The first-order valence-corrected chi connectivity index (χ1v) is 4.64. The fourth-order valence-corrected chi connectivity index (χ4v) is 1.12. The van der Waals surface area contributed by atoms with E-state index in [0.717, 1.165) is 17.0 Å². The van der Waals surface area contributed by atoms with Crippen LogP contribution in [0.2, 0.25) is 0 Å². The van der Waals surface area contributed by atoms with E-state index in [1.54, 1.807) is 26.5 Å². The molecule has 0 spiro atoms. The molecule has 0 aromatic carbocycles. The second kappa shape index (κ2) is 16.4. The van der Waals surface area contributed by atoms with Crippen LogP contribution in [-0.4, -0.2) is 31.5 Å². The van der Waals surface area contributed by atoms with E-state index in [0.29, 0.717) is 0 Å². The fraction of sp³-hybridized carbons (Fsp3) is 0.300. The van der Waals surface area contributed by atoms with E-state index in [-0.39, 0.29) is 78.1 Å². The largest absolute Gasteiger partial charge is 3.00 e. The minimum absolute atomic E-state index is 0. The van der Waals surface area contributed by atoms with E-state index in [4.69, 9.17) is 0 Å². The molecule has 5 nitrogen and oxygen atoms in total. The molecule has 0 aliphatic rings. The van der Waals surface area contributed by atoms with Crippen LogP contribution in [0.1, 0.15) is 17.0 Å². The number of hydrogen-bond acceptors (Lipinski definition) is 5. The predicted octanol–water partition coefficient (Wildman–Crippen LogP) is -8.49. The van der Waals surface area contributed by atoms with Gasteiger partial charge in [-0.15, -0.1) is 0 Å². The Labute approximate surface area is 165 Å². The van der Waals surface area contributed by atoms with Crippen LogP contribution in [0.5, 0.6) is 0 Å². The molecule has 0 aliphatic heterocycles. The van der Waals surface area contributed by atoms with Crippen LogP contribution in [0, 0.1) is 47.8 Å². The van der Waals surface area contributed by atoms with Gasteiger partial charge in [0.25, 0.3) is 0 Å².